The molecule has 0 atom stereocenters. The van der Waals surface area contributed by atoms with Crippen LogP contribution in [0.1, 0.15) is 0 Å². The summed E-state index contributed by atoms with van der Waals surface area (Å²) in [6.45, 7) is 0. The van der Waals surface area contributed by atoms with Crippen molar-refractivity contribution in [2.24, 2.45) is 0 Å². The van der Waals surface area contributed by atoms with Crippen molar-refractivity contribution >= 4 is 17.5 Å². The van der Waals surface area contributed by atoms with Crippen LogP contribution in [0, 0.1) is 0 Å². The van der Waals surface area contributed by atoms with Crippen LogP contribution in [0.15, 0.2) is 0 Å². The highest BCUT2D eigenvalue weighted by Gasteiger charge is 2.29. The molecule has 0 aliphatic carbocycles. The van der Waals surface area contributed by atoms with Gasteiger partial charge in [0.15, 0.2) is 0 Å². The molecule has 0 fully saturated rings. The second-order valence-electron chi connectivity index (χ2n) is 2.23. The standard InChI is InChI=1S/C6H7ClF2N4O2/c1-10-3-11-4(14-2)13-5(12-3)15-6(7,8)9/h1-2H3,(H,10,11,12,13). The van der Waals surface area contributed by atoms with Gasteiger partial charge in [0.1, 0.15) is 0 Å². The maximum atomic E-state index is 12.3. The Balaban J connectivity index is 2.97. The van der Waals surface area contributed by atoms with Crippen molar-refractivity contribution in [3.8, 4) is 12.0 Å². The van der Waals surface area contributed by atoms with Crippen LogP contribution in [0.5, 0.6) is 12.0 Å². The normalized spacial score (nSPS) is 11.0. The molecule has 84 valence electrons. The van der Waals surface area contributed by atoms with E-state index in [9.17, 15) is 8.78 Å². The van der Waals surface area contributed by atoms with Crippen molar-refractivity contribution in [1.29, 1.82) is 0 Å². The highest BCUT2D eigenvalue weighted by atomic mass is 35.5. The van der Waals surface area contributed by atoms with Crippen LogP contribution in [0.3, 0.4) is 0 Å². The zero-order chi connectivity index (χ0) is 11.5. The zero-order valence-corrected chi connectivity index (χ0v) is 8.55. The van der Waals surface area contributed by atoms with Crippen molar-refractivity contribution in [3.63, 3.8) is 0 Å². The lowest BCUT2D eigenvalue weighted by Gasteiger charge is -2.09. The van der Waals surface area contributed by atoms with Gasteiger partial charge in [-0.05, 0) is 0 Å². The van der Waals surface area contributed by atoms with E-state index in [0.717, 1.165) is 0 Å². The Morgan fingerprint density at radius 3 is 2.33 bits per heavy atom. The van der Waals surface area contributed by atoms with E-state index in [1.54, 1.807) is 0 Å². The number of aromatic nitrogens is 3. The van der Waals surface area contributed by atoms with Crippen molar-refractivity contribution in [2.45, 2.75) is 5.57 Å². The van der Waals surface area contributed by atoms with E-state index in [2.05, 4.69) is 41.3 Å². The Hall–Kier alpha value is -1.44. The fraction of sp³-hybridized carbons (Fsp3) is 0.500. The minimum absolute atomic E-state index is 0.0257. The molecule has 0 saturated heterocycles. The molecule has 0 amide bonds. The van der Waals surface area contributed by atoms with Gasteiger partial charge >= 0.3 is 17.6 Å². The van der Waals surface area contributed by atoms with Gasteiger partial charge in [0.2, 0.25) is 5.95 Å². The van der Waals surface area contributed by atoms with E-state index in [1.165, 1.54) is 14.2 Å². The minimum Gasteiger partial charge on any atom is -0.467 e. The lowest BCUT2D eigenvalue weighted by molar-refractivity contribution is -0.102. The molecule has 0 saturated carbocycles. The molecule has 1 aromatic heterocycles. The second-order valence-corrected chi connectivity index (χ2v) is 2.67. The number of nitrogens with zero attached hydrogens (tertiary/aromatic N) is 3. The smallest absolute Gasteiger partial charge is 0.467 e. The van der Waals surface area contributed by atoms with E-state index >= 15 is 0 Å². The molecule has 1 aromatic rings. The second kappa shape index (κ2) is 4.39. The topological polar surface area (TPSA) is 69.2 Å². The molecule has 0 aliphatic rings. The Kier molecular flexibility index (Phi) is 3.40. The number of hydrogen-bond donors (Lipinski definition) is 1. The van der Waals surface area contributed by atoms with Gasteiger partial charge in [0.05, 0.1) is 7.11 Å². The molecule has 6 nitrogen and oxygen atoms in total. The fourth-order valence-corrected chi connectivity index (χ4v) is 0.759. The molecule has 1 N–H and O–H groups in total. The molecular formula is C6H7ClF2N4O2. The summed E-state index contributed by atoms with van der Waals surface area (Å²) in [5, 5.41) is 2.52. The van der Waals surface area contributed by atoms with E-state index in [-0.39, 0.29) is 12.0 Å². The third-order valence-corrected chi connectivity index (χ3v) is 1.28. The Bertz CT molecular complexity index is 324. The number of rotatable bonds is 4. The maximum absolute atomic E-state index is 12.3. The number of nitrogens with one attached hydrogen (secondary N) is 1. The van der Waals surface area contributed by atoms with Crippen LogP contribution < -0.4 is 14.8 Å². The SMILES string of the molecule is CNc1nc(OC)nc(OC(F)(F)Cl)n1. The molecule has 0 bridgehead atoms. The third-order valence-electron chi connectivity index (χ3n) is 1.21. The van der Waals surface area contributed by atoms with Crippen LogP contribution in [-0.4, -0.2) is 34.7 Å². The molecule has 1 rings (SSSR count). The summed E-state index contributed by atoms with van der Waals surface area (Å²) in [6.07, 6.45) is 0. The quantitative estimate of drug-likeness (QED) is 0.795. The van der Waals surface area contributed by atoms with E-state index in [4.69, 9.17) is 0 Å². The number of hydrogen-bond acceptors (Lipinski definition) is 6. The van der Waals surface area contributed by atoms with Gasteiger partial charge in [-0.25, -0.2) is 0 Å². The van der Waals surface area contributed by atoms with E-state index in [1.807, 2.05) is 0 Å². The minimum atomic E-state index is -3.88. The Morgan fingerprint density at radius 1 is 1.27 bits per heavy atom. The first-order valence-electron chi connectivity index (χ1n) is 3.68. The molecule has 9 heteroatoms. The molecule has 1 heterocycles. The van der Waals surface area contributed by atoms with Crippen LogP contribution >= 0.6 is 11.6 Å². The van der Waals surface area contributed by atoms with Crippen molar-refractivity contribution in [3.05, 3.63) is 0 Å². The highest BCUT2D eigenvalue weighted by Crippen LogP contribution is 2.23. The van der Waals surface area contributed by atoms with Gasteiger partial charge in [-0.1, -0.05) is 0 Å². The summed E-state index contributed by atoms with van der Waals surface area (Å²) < 4.78 is 33.1. The van der Waals surface area contributed by atoms with Gasteiger partial charge in [0, 0.05) is 18.6 Å². The van der Waals surface area contributed by atoms with Gasteiger partial charge < -0.3 is 14.8 Å². The van der Waals surface area contributed by atoms with Gasteiger partial charge in [0.25, 0.3) is 0 Å². The summed E-state index contributed by atoms with van der Waals surface area (Å²) in [7, 11) is 2.77. The largest absolute Gasteiger partial charge is 0.489 e. The van der Waals surface area contributed by atoms with Crippen molar-refractivity contribution in [1.82, 2.24) is 15.0 Å². The van der Waals surface area contributed by atoms with Gasteiger partial charge in [-0.2, -0.15) is 9.97 Å². The first kappa shape index (κ1) is 11.6. The number of ether oxygens (including phenoxy) is 2. The van der Waals surface area contributed by atoms with E-state index in [0.29, 0.717) is 0 Å². The van der Waals surface area contributed by atoms with Crippen LogP contribution in [0.2, 0.25) is 0 Å². The summed E-state index contributed by atoms with van der Waals surface area (Å²) >= 11 is 4.54. The Morgan fingerprint density at radius 2 is 1.87 bits per heavy atom. The first-order valence-corrected chi connectivity index (χ1v) is 4.06. The summed E-state index contributed by atoms with van der Waals surface area (Å²) in [6, 6.07) is -0.795. The average molecular weight is 241 g/mol. The average Bonchev–Trinajstić information content (AvgIpc) is 2.14. The third kappa shape index (κ3) is 3.66. The lowest BCUT2D eigenvalue weighted by atomic mass is 10.8. The summed E-state index contributed by atoms with van der Waals surface area (Å²) in [5.41, 5.74) is -3.88. The molecule has 0 spiro atoms. The zero-order valence-electron chi connectivity index (χ0n) is 7.79. The van der Waals surface area contributed by atoms with Gasteiger partial charge in [-0.3, -0.25) is 0 Å². The monoisotopic (exact) mass is 240 g/mol. The highest BCUT2D eigenvalue weighted by molar-refractivity contribution is 6.20. The number of alkyl halides is 3. The predicted molar refractivity (Wildman–Crippen MR) is 47.4 cm³/mol. The summed E-state index contributed by atoms with van der Waals surface area (Å²) in [5.74, 6) is 0.0257. The number of anilines is 1. The van der Waals surface area contributed by atoms with Crippen molar-refractivity contribution in [2.75, 3.05) is 19.5 Å². The number of methoxy groups -OCH3 is 1. The molecule has 0 unspecified atom stereocenters. The molecule has 0 aliphatic heterocycles. The Labute approximate surface area is 88.6 Å². The lowest BCUT2D eigenvalue weighted by Crippen LogP contribution is -2.18. The van der Waals surface area contributed by atoms with Crippen molar-refractivity contribution < 1.29 is 18.3 Å². The predicted octanol–water partition coefficient (Wildman–Crippen LogP) is 1.09. The van der Waals surface area contributed by atoms with Crippen LogP contribution in [0.25, 0.3) is 0 Å². The molecular weight excluding hydrogens is 234 g/mol. The fourth-order valence-electron chi connectivity index (χ4n) is 0.690. The first-order chi connectivity index (χ1) is 6.94. The molecule has 0 radical (unpaired) electrons. The van der Waals surface area contributed by atoms with Crippen LogP contribution in [0.4, 0.5) is 14.7 Å². The molecule has 0 aromatic carbocycles. The van der Waals surface area contributed by atoms with Crippen LogP contribution in [-0.2, 0) is 0 Å². The van der Waals surface area contributed by atoms with E-state index < -0.39 is 11.6 Å². The molecule has 15 heavy (non-hydrogen) atoms. The maximum Gasteiger partial charge on any atom is 0.489 e. The summed E-state index contributed by atoms with van der Waals surface area (Å²) in [4.78, 5) is 10.6. The number of halogens is 3. The van der Waals surface area contributed by atoms with Gasteiger partial charge in [-0.15, -0.1) is 13.8 Å².